The van der Waals surface area contributed by atoms with Gasteiger partial charge in [0.2, 0.25) is 0 Å². The molecule has 0 amide bonds. The number of aliphatic carboxylic acids is 1. The van der Waals surface area contributed by atoms with E-state index in [4.69, 9.17) is 9.84 Å². The third kappa shape index (κ3) is 4.86. The number of carbonyl (C=O) groups is 2. The molecule has 0 saturated heterocycles. The minimum absolute atomic E-state index is 0.0406. The standard InChI is InChI=1S/C13H22O4/c1-2-17-13(10-6-4-3-5-7-10)11(14)8-9-12(15)16/h10,13H,2-9H2,1H3,(H,15,16). The van der Waals surface area contributed by atoms with Crippen LogP contribution in [0.25, 0.3) is 0 Å². The zero-order valence-electron chi connectivity index (χ0n) is 10.5. The number of ether oxygens (including phenoxy) is 1. The number of Topliss-reactive ketones (excluding diaryl/α,β-unsaturated/α-hetero) is 1. The highest BCUT2D eigenvalue weighted by molar-refractivity contribution is 5.86. The Hall–Kier alpha value is -0.900. The van der Waals surface area contributed by atoms with Crippen LogP contribution in [0.15, 0.2) is 0 Å². The topological polar surface area (TPSA) is 63.6 Å². The smallest absolute Gasteiger partial charge is 0.303 e. The van der Waals surface area contributed by atoms with Gasteiger partial charge in [0.05, 0.1) is 6.42 Å². The van der Waals surface area contributed by atoms with Crippen molar-refractivity contribution in [3.63, 3.8) is 0 Å². The van der Waals surface area contributed by atoms with E-state index in [1.807, 2.05) is 6.92 Å². The molecule has 1 unspecified atom stereocenters. The highest BCUT2D eigenvalue weighted by Gasteiger charge is 2.29. The van der Waals surface area contributed by atoms with Crippen molar-refractivity contribution in [1.82, 2.24) is 0 Å². The number of carboxylic acids is 1. The van der Waals surface area contributed by atoms with Crippen LogP contribution in [0.2, 0.25) is 0 Å². The molecular formula is C13H22O4. The van der Waals surface area contributed by atoms with E-state index in [2.05, 4.69) is 0 Å². The molecule has 0 spiro atoms. The summed E-state index contributed by atoms with van der Waals surface area (Å²) >= 11 is 0. The molecule has 1 N–H and O–H groups in total. The number of hydrogen-bond donors (Lipinski definition) is 1. The predicted octanol–water partition coefficient (Wildman–Crippen LogP) is 2.41. The summed E-state index contributed by atoms with van der Waals surface area (Å²) in [6.07, 6.45) is 5.23. The number of carboxylic acid groups (broad SMARTS) is 1. The SMILES string of the molecule is CCOC(C(=O)CCC(=O)O)C1CCCCC1. The van der Waals surface area contributed by atoms with Gasteiger partial charge in [-0.2, -0.15) is 0 Å². The van der Waals surface area contributed by atoms with Crippen molar-refractivity contribution >= 4 is 11.8 Å². The molecule has 0 aliphatic heterocycles. The largest absolute Gasteiger partial charge is 0.481 e. The Kier molecular flexibility index (Phi) is 6.19. The van der Waals surface area contributed by atoms with Gasteiger partial charge in [0.25, 0.3) is 0 Å². The lowest BCUT2D eigenvalue weighted by Crippen LogP contribution is -2.34. The van der Waals surface area contributed by atoms with Gasteiger partial charge in [0.1, 0.15) is 6.10 Å². The quantitative estimate of drug-likeness (QED) is 0.744. The molecule has 0 aromatic rings. The molecule has 17 heavy (non-hydrogen) atoms. The van der Waals surface area contributed by atoms with Crippen molar-refractivity contribution in [3.05, 3.63) is 0 Å². The normalized spacial score (nSPS) is 18.9. The van der Waals surface area contributed by atoms with E-state index in [0.717, 1.165) is 25.7 Å². The average molecular weight is 242 g/mol. The van der Waals surface area contributed by atoms with Crippen LogP contribution in [-0.4, -0.2) is 29.6 Å². The monoisotopic (exact) mass is 242 g/mol. The number of hydrogen-bond acceptors (Lipinski definition) is 3. The number of carbonyl (C=O) groups excluding carboxylic acids is 1. The molecule has 0 heterocycles. The molecule has 98 valence electrons. The molecule has 0 radical (unpaired) electrons. The molecule has 1 aliphatic rings. The summed E-state index contributed by atoms with van der Waals surface area (Å²) in [7, 11) is 0. The van der Waals surface area contributed by atoms with E-state index in [1.165, 1.54) is 6.42 Å². The van der Waals surface area contributed by atoms with E-state index in [9.17, 15) is 9.59 Å². The van der Waals surface area contributed by atoms with Crippen LogP contribution in [0, 0.1) is 5.92 Å². The van der Waals surface area contributed by atoms with Crippen molar-refractivity contribution in [3.8, 4) is 0 Å². The summed E-state index contributed by atoms with van der Waals surface area (Å²) in [6, 6.07) is 0. The molecule has 0 aromatic carbocycles. The molecule has 1 fully saturated rings. The summed E-state index contributed by atoms with van der Waals surface area (Å²) in [6.45, 7) is 2.39. The van der Waals surface area contributed by atoms with Crippen molar-refractivity contribution in [2.45, 2.75) is 58.0 Å². The second-order valence-electron chi connectivity index (χ2n) is 4.63. The lowest BCUT2D eigenvalue weighted by atomic mass is 9.83. The zero-order chi connectivity index (χ0) is 12.7. The highest BCUT2D eigenvalue weighted by atomic mass is 16.5. The minimum atomic E-state index is -0.919. The maximum atomic E-state index is 11.9. The highest BCUT2D eigenvalue weighted by Crippen LogP contribution is 2.29. The summed E-state index contributed by atoms with van der Waals surface area (Å²) in [5.74, 6) is -0.664. The fourth-order valence-corrected chi connectivity index (χ4v) is 2.48. The molecular weight excluding hydrogens is 220 g/mol. The van der Waals surface area contributed by atoms with Crippen LogP contribution in [0.4, 0.5) is 0 Å². The average Bonchev–Trinajstić information content (AvgIpc) is 2.34. The van der Waals surface area contributed by atoms with E-state index in [1.54, 1.807) is 0 Å². The maximum Gasteiger partial charge on any atom is 0.303 e. The maximum absolute atomic E-state index is 11.9. The molecule has 1 rings (SSSR count). The molecule has 4 nitrogen and oxygen atoms in total. The Balaban J connectivity index is 2.50. The van der Waals surface area contributed by atoms with Gasteiger partial charge in [0.15, 0.2) is 5.78 Å². The zero-order valence-corrected chi connectivity index (χ0v) is 10.5. The van der Waals surface area contributed by atoms with Gasteiger partial charge in [-0.25, -0.2) is 0 Å². The second kappa shape index (κ2) is 7.43. The molecule has 0 aromatic heterocycles. The van der Waals surface area contributed by atoms with Gasteiger partial charge >= 0.3 is 5.97 Å². The van der Waals surface area contributed by atoms with E-state index < -0.39 is 5.97 Å². The summed E-state index contributed by atoms with van der Waals surface area (Å²) < 4.78 is 5.53. The first kappa shape index (κ1) is 14.2. The van der Waals surface area contributed by atoms with Gasteiger partial charge in [-0.1, -0.05) is 19.3 Å². The fraction of sp³-hybridized carbons (Fsp3) is 0.846. The van der Waals surface area contributed by atoms with E-state index >= 15 is 0 Å². The first-order valence-corrected chi connectivity index (χ1v) is 6.51. The lowest BCUT2D eigenvalue weighted by molar-refractivity contribution is -0.142. The van der Waals surface area contributed by atoms with E-state index in [0.29, 0.717) is 12.5 Å². The first-order chi connectivity index (χ1) is 8.15. The number of ketones is 1. The third-order valence-electron chi connectivity index (χ3n) is 3.33. The Labute approximate surface area is 102 Å². The second-order valence-corrected chi connectivity index (χ2v) is 4.63. The Morgan fingerprint density at radius 2 is 1.88 bits per heavy atom. The Morgan fingerprint density at radius 1 is 1.24 bits per heavy atom. The molecule has 1 aliphatic carbocycles. The Morgan fingerprint density at radius 3 is 2.41 bits per heavy atom. The van der Waals surface area contributed by atoms with Crippen LogP contribution in [0.3, 0.4) is 0 Å². The van der Waals surface area contributed by atoms with Crippen LogP contribution in [0.1, 0.15) is 51.9 Å². The molecule has 1 atom stereocenters. The molecule has 4 heteroatoms. The summed E-state index contributed by atoms with van der Waals surface area (Å²) in [4.78, 5) is 22.4. The summed E-state index contributed by atoms with van der Waals surface area (Å²) in [5, 5.41) is 8.59. The minimum Gasteiger partial charge on any atom is -0.481 e. The van der Waals surface area contributed by atoms with Gasteiger partial charge in [-0.05, 0) is 25.7 Å². The van der Waals surface area contributed by atoms with Crippen molar-refractivity contribution in [1.29, 1.82) is 0 Å². The fourth-order valence-electron chi connectivity index (χ4n) is 2.48. The van der Waals surface area contributed by atoms with Crippen LogP contribution >= 0.6 is 0 Å². The van der Waals surface area contributed by atoms with Gasteiger partial charge < -0.3 is 9.84 Å². The molecule has 0 bridgehead atoms. The Bertz CT molecular complexity index is 256. The molecule has 1 saturated carbocycles. The van der Waals surface area contributed by atoms with Gasteiger partial charge in [-0.3, -0.25) is 9.59 Å². The van der Waals surface area contributed by atoms with Crippen LogP contribution in [-0.2, 0) is 14.3 Å². The lowest BCUT2D eigenvalue weighted by Gasteiger charge is -2.28. The van der Waals surface area contributed by atoms with E-state index in [-0.39, 0.29) is 24.7 Å². The van der Waals surface area contributed by atoms with Gasteiger partial charge in [-0.15, -0.1) is 0 Å². The first-order valence-electron chi connectivity index (χ1n) is 6.51. The van der Waals surface area contributed by atoms with Crippen molar-refractivity contribution < 1.29 is 19.4 Å². The van der Waals surface area contributed by atoms with Crippen molar-refractivity contribution in [2.24, 2.45) is 5.92 Å². The van der Waals surface area contributed by atoms with Crippen LogP contribution < -0.4 is 0 Å². The van der Waals surface area contributed by atoms with Crippen LogP contribution in [0.5, 0.6) is 0 Å². The van der Waals surface area contributed by atoms with Gasteiger partial charge in [0, 0.05) is 13.0 Å². The number of rotatable bonds is 7. The third-order valence-corrected chi connectivity index (χ3v) is 3.33. The predicted molar refractivity (Wildman–Crippen MR) is 63.9 cm³/mol. The van der Waals surface area contributed by atoms with Crippen molar-refractivity contribution in [2.75, 3.05) is 6.61 Å². The summed E-state index contributed by atoms with van der Waals surface area (Å²) in [5.41, 5.74) is 0.